The van der Waals surface area contributed by atoms with E-state index in [9.17, 15) is 24.6 Å². The average Bonchev–Trinajstić information content (AvgIpc) is 2.83. The van der Waals surface area contributed by atoms with E-state index in [4.69, 9.17) is 4.74 Å². The Bertz CT molecular complexity index is 582. The van der Waals surface area contributed by atoms with Gasteiger partial charge in [-0.2, -0.15) is 0 Å². The van der Waals surface area contributed by atoms with Gasteiger partial charge in [0.1, 0.15) is 12.1 Å². The van der Waals surface area contributed by atoms with E-state index in [-0.39, 0.29) is 18.8 Å². The van der Waals surface area contributed by atoms with E-state index >= 15 is 0 Å². The molecule has 7 nitrogen and oxygen atoms in total. The number of aliphatic hydroxyl groups is 1. The third kappa shape index (κ3) is 14.8. The maximum atomic E-state index is 12.9. The van der Waals surface area contributed by atoms with Crippen LogP contribution in [0.1, 0.15) is 143 Å². The molecule has 0 saturated heterocycles. The van der Waals surface area contributed by atoms with Gasteiger partial charge in [0.25, 0.3) is 0 Å². The molecule has 0 rings (SSSR count). The number of rotatable bonds is 25. The van der Waals surface area contributed by atoms with Crippen LogP contribution in [0.15, 0.2) is 0 Å². The number of carboxylic acid groups (broad SMARTS) is 1. The van der Waals surface area contributed by atoms with Crippen LogP contribution >= 0.6 is 0 Å². The van der Waals surface area contributed by atoms with Crippen LogP contribution in [0.4, 0.5) is 0 Å². The van der Waals surface area contributed by atoms with Crippen molar-refractivity contribution in [1.82, 2.24) is 5.32 Å². The smallest absolute Gasteiger partial charge is 0.350 e. The molecule has 0 aliphatic heterocycles. The van der Waals surface area contributed by atoms with Gasteiger partial charge in [0.05, 0.1) is 0 Å². The summed E-state index contributed by atoms with van der Waals surface area (Å²) in [4.78, 5) is 36.4. The SMILES string of the molecule is CCCCCCCCCCCCCC(O)C(CCCCCC)(OC(=O)[C@H](CC(C)C)NC=O)C(=O)O. The Kier molecular flexibility index (Phi) is 20.5. The summed E-state index contributed by atoms with van der Waals surface area (Å²) < 4.78 is 5.60. The van der Waals surface area contributed by atoms with Crippen molar-refractivity contribution >= 4 is 18.3 Å². The highest BCUT2D eigenvalue weighted by molar-refractivity contribution is 5.85. The summed E-state index contributed by atoms with van der Waals surface area (Å²) in [7, 11) is 0. The van der Waals surface area contributed by atoms with Gasteiger partial charge in [0.15, 0.2) is 0 Å². The lowest BCUT2D eigenvalue weighted by atomic mass is 9.86. The van der Waals surface area contributed by atoms with Gasteiger partial charge in [-0.15, -0.1) is 0 Å². The van der Waals surface area contributed by atoms with Gasteiger partial charge in [0, 0.05) is 6.42 Å². The van der Waals surface area contributed by atoms with Crippen molar-refractivity contribution in [1.29, 1.82) is 0 Å². The fourth-order valence-corrected chi connectivity index (χ4v) is 4.66. The van der Waals surface area contributed by atoms with E-state index in [1.807, 2.05) is 13.8 Å². The maximum Gasteiger partial charge on any atom is 0.350 e. The van der Waals surface area contributed by atoms with E-state index < -0.39 is 29.7 Å². The molecule has 0 saturated carbocycles. The summed E-state index contributed by atoms with van der Waals surface area (Å²) >= 11 is 0. The first kappa shape index (κ1) is 34.4. The number of carbonyl (C=O) groups is 3. The Balaban J connectivity index is 4.97. The molecule has 0 spiro atoms. The van der Waals surface area contributed by atoms with E-state index in [0.717, 1.165) is 38.5 Å². The summed E-state index contributed by atoms with van der Waals surface area (Å²) in [5, 5.41) is 23.6. The lowest BCUT2D eigenvalue weighted by molar-refractivity contribution is -0.196. The van der Waals surface area contributed by atoms with Crippen molar-refractivity contribution < 1.29 is 29.3 Å². The summed E-state index contributed by atoms with van der Waals surface area (Å²) in [6, 6.07) is -0.939. The number of amides is 1. The van der Waals surface area contributed by atoms with Crippen molar-refractivity contribution in [2.24, 2.45) is 5.92 Å². The number of nitrogens with one attached hydrogen (secondary N) is 1. The average molecular weight is 514 g/mol. The Morgan fingerprint density at radius 2 is 1.31 bits per heavy atom. The predicted molar refractivity (Wildman–Crippen MR) is 145 cm³/mol. The fraction of sp³-hybridized carbons (Fsp3) is 0.897. The minimum atomic E-state index is -2.00. The van der Waals surface area contributed by atoms with Crippen LogP contribution < -0.4 is 5.32 Å². The Morgan fingerprint density at radius 3 is 1.75 bits per heavy atom. The second-order valence-electron chi connectivity index (χ2n) is 10.7. The number of aliphatic carboxylic acids is 1. The number of carbonyl (C=O) groups excluding carboxylic acids is 2. The van der Waals surface area contributed by atoms with Crippen molar-refractivity contribution in [3.8, 4) is 0 Å². The third-order valence-corrected chi connectivity index (χ3v) is 6.93. The molecule has 1 amide bonds. The molecule has 2 unspecified atom stereocenters. The number of ether oxygens (including phenoxy) is 1. The topological polar surface area (TPSA) is 113 Å². The van der Waals surface area contributed by atoms with Crippen molar-refractivity contribution in [3.63, 3.8) is 0 Å². The third-order valence-electron chi connectivity index (χ3n) is 6.93. The first-order valence-electron chi connectivity index (χ1n) is 14.6. The van der Waals surface area contributed by atoms with Gasteiger partial charge in [-0.25, -0.2) is 9.59 Å². The summed E-state index contributed by atoms with van der Waals surface area (Å²) in [6.07, 6.45) is 15.8. The lowest BCUT2D eigenvalue weighted by Crippen LogP contribution is -2.55. The van der Waals surface area contributed by atoms with Crippen molar-refractivity contribution in [3.05, 3.63) is 0 Å². The van der Waals surface area contributed by atoms with E-state index in [1.165, 1.54) is 44.9 Å². The molecule has 0 heterocycles. The molecule has 0 aromatic heterocycles. The monoisotopic (exact) mass is 513 g/mol. The van der Waals surface area contributed by atoms with Crippen LogP contribution in [0, 0.1) is 5.92 Å². The van der Waals surface area contributed by atoms with Crippen LogP contribution in [0.5, 0.6) is 0 Å². The molecule has 3 N–H and O–H groups in total. The Morgan fingerprint density at radius 1 is 0.833 bits per heavy atom. The minimum Gasteiger partial charge on any atom is -0.478 e. The first-order valence-corrected chi connectivity index (χ1v) is 14.6. The largest absolute Gasteiger partial charge is 0.478 e. The van der Waals surface area contributed by atoms with Crippen LogP contribution in [0.25, 0.3) is 0 Å². The van der Waals surface area contributed by atoms with Crippen molar-refractivity contribution in [2.75, 3.05) is 0 Å². The first-order chi connectivity index (χ1) is 17.2. The van der Waals surface area contributed by atoms with Gasteiger partial charge in [-0.3, -0.25) is 4.79 Å². The molecule has 0 aromatic rings. The zero-order valence-corrected chi connectivity index (χ0v) is 23.6. The number of carboxylic acids is 1. The second-order valence-corrected chi connectivity index (χ2v) is 10.7. The molecule has 0 aliphatic carbocycles. The number of hydrogen-bond donors (Lipinski definition) is 3. The van der Waals surface area contributed by atoms with Crippen LogP contribution in [0.2, 0.25) is 0 Å². The van der Waals surface area contributed by atoms with Gasteiger partial charge in [-0.1, -0.05) is 118 Å². The normalized spacial score (nSPS) is 14.7. The minimum absolute atomic E-state index is 0.0583. The predicted octanol–water partition coefficient (Wildman–Crippen LogP) is 6.55. The molecule has 36 heavy (non-hydrogen) atoms. The number of unbranched alkanes of at least 4 members (excludes halogenated alkanes) is 13. The second kappa shape index (κ2) is 21.5. The molecule has 0 radical (unpaired) electrons. The molecular weight excluding hydrogens is 458 g/mol. The Hall–Kier alpha value is -1.63. The highest BCUT2D eigenvalue weighted by Gasteiger charge is 2.49. The molecule has 0 bridgehead atoms. The van der Waals surface area contributed by atoms with E-state index in [0.29, 0.717) is 25.7 Å². The highest BCUT2D eigenvalue weighted by Crippen LogP contribution is 2.30. The fourth-order valence-electron chi connectivity index (χ4n) is 4.66. The summed E-state index contributed by atoms with van der Waals surface area (Å²) in [5.41, 5.74) is -2.00. The quantitative estimate of drug-likeness (QED) is 0.0725. The highest BCUT2D eigenvalue weighted by atomic mass is 16.6. The molecule has 212 valence electrons. The zero-order chi connectivity index (χ0) is 27.2. The molecule has 7 heteroatoms. The van der Waals surface area contributed by atoms with E-state index in [1.54, 1.807) is 0 Å². The summed E-state index contributed by atoms with van der Waals surface area (Å²) in [6.45, 7) is 8.10. The summed E-state index contributed by atoms with van der Waals surface area (Å²) in [5.74, 6) is -2.02. The number of aliphatic hydroxyl groups excluding tert-OH is 1. The number of hydrogen-bond acceptors (Lipinski definition) is 5. The number of esters is 1. The van der Waals surface area contributed by atoms with Crippen LogP contribution in [-0.2, 0) is 19.1 Å². The standard InChI is InChI=1S/C29H55NO6/c1-5-7-9-11-12-13-14-15-16-17-18-20-26(32)29(28(34)35,21-19-10-8-6-2)36-27(33)25(30-23-31)22-24(3)4/h23-26,32H,5-22H2,1-4H3,(H,30,31)(H,34,35)/t25-,26?,29?/m0/s1. The zero-order valence-electron chi connectivity index (χ0n) is 23.6. The van der Waals surface area contributed by atoms with Crippen LogP contribution in [-0.4, -0.2) is 46.3 Å². The van der Waals surface area contributed by atoms with Crippen molar-refractivity contribution in [2.45, 2.75) is 161 Å². The lowest BCUT2D eigenvalue weighted by Gasteiger charge is -2.35. The molecular formula is C29H55NO6. The van der Waals surface area contributed by atoms with Gasteiger partial charge < -0.3 is 20.3 Å². The van der Waals surface area contributed by atoms with Crippen LogP contribution in [0.3, 0.4) is 0 Å². The molecule has 0 fully saturated rings. The Labute approximate surface area is 220 Å². The molecule has 0 aliphatic rings. The van der Waals surface area contributed by atoms with Gasteiger partial charge in [-0.05, 0) is 25.2 Å². The molecule has 0 aromatic carbocycles. The molecule has 3 atom stereocenters. The van der Waals surface area contributed by atoms with Gasteiger partial charge in [0.2, 0.25) is 12.0 Å². The van der Waals surface area contributed by atoms with Gasteiger partial charge >= 0.3 is 11.9 Å². The van der Waals surface area contributed by atoms with E-state index in [2.05, 4.69) is 19.2 Å². The maximum absolute atomic E-state index is 12.9.